The summed E-state index contributed by atoms with van der Waals surface area (Å²) in [5.41, 5.74) is 5.29. The smallest absolute Gasteiger partial charge is 0.241 e. The number of nitrogens with one attached hydrogen (secondary N) is 1. The fourth-order valence-electron chi connectivity index (χ4n) is 2.24. The summed E-state index contributed by atoms with van der Waals surface area (Å²) >= 11 is 0. The molecule has 0 fully saturated rings. The summed E-state index contributed by atoms with van der Waals surface area (Å²) in [6, 6.07) is 3.74. The van der Waals surface area contributed by atoms with Crippen LogP contribution in [0.25, 0.3) is 0 Å². The highest BCUT2D eigenvalue weighted by Gasteiger charge is 2.30. The van der Waals surface area contributed by atoms with Gasteiger partial charge in [-0.3, -0.25) is 0 Å². The van der Waals surface area contributed by atoms with Gasteiger partial charge in [0.15, 0.2) is 0 Å². The molecule has 1 aromatic rings. The summed E-state index contributed by atoms with van der Waals surface area (Å²) in [6.07, 6.45) is 0.628. The van der Waals surface area contributed by atoms with Crippen LogP contribution in [0.1, 0.15) is 32.8 Å². The molecule has 6 heteroatoms. The number of benzene rings is 1. The average Bonchev–Trinajstić information content (AvgIpc) is 2.30. The maximum Gasteiger partial charge on any atom is 0.241 e. The van der Waals surface area contributed by atoms with Crippen molar-refractivity contribution >= 4 is 10.0 Å². The van der Waals surface area contributed by atoms with E-state index in [4.69, 9.17) is 5.73 Å². The number of aryl methyl sites for hydroxylation is 1. The number of rotatable bonds is 6. The maximum atomic E-state index is 13.2. The molecule has 0 saturated carbocycles. The van der Waals surface area contributed by atoms with Crippen LogP contribution < -0.4 is 10.5 Å². The van der Waals surface area contributed by atoms with Crippen LogP contribution in [0, 0.1) is 18.7 Å². The molecule has 0 aliphatic rings. The molecule has 114 valence electrons. The van der Waals surface area contributed by atoms with Crippen LogP contribution in [0.4, 0.5) is 4.39 Å². The van der Waals surface area contributed by atoms with E-state index in [1.807, 2.05) is 13.8 Å². The summed E-state index contributed by atoms with van der Waals surface area (Å²) in [5, 5.41) is 0. The molecule has 1 unspecified atom stereocenters. The van der Waals surface area contributed by atoms with Gasteiger partial charge in [0.1, 0.15) is 5.82 Å². The minimum atomic E-state index is -3.71. The summed E-state index contributed by atoms with van der Waals surface area (Å²) < 4.78 is 40.6. The van der Waals surface area contributed by atoms with Crippen LogP contribution in [-0.4, -0.2) is 20.5 Å². The fourth-order valence-corrected chi connectivity index (χ4v) is 3.75. The standard InChI is InChI=1S/C14H23FN2O2S/c1-10(2)8-14(4,9-16)17-20(18,19)12-5-6-13(15)11(3)7-12/h5-7,10,17H,8-9,16H2,1-4H3. The Balaban J connectivity index is 3.07. The number of hydrogen-bond acceptors (Lipinski definition) is 3. The minimum absolute atomic E-state index is 0.0554. The third kappa shape index (κ3) is 4.26. The fraction of sp³-hybridized carbons (Fsp3) is 0.571. The molecule has 0 spiro atoms. The van der Waals surface area contributed by atoms with E-state index in [1.165, 1.54) is 19.1 Å². The molecule has 1 rings (SSSR count). The molecule has 4 nitrogen and oxygen atoms in total. The molecule has 0 heterocycles. The lowest BCUT2D eigenvalue weighted by Gasteiger charge is -2.30. The third-order valence-electron chi connectivity index (χ3n) is 3.13. The molecule has 0 saturated heterocycles. The Labute approximate surface area is 120 Å². The second-order valence-electron chi connectivity index (χ2n) is 5.88. The van der Waals surface area contributed by atoms with Crippen LogP contribution >= 0.6 is 0 Å². The Morgan fingerprint density at radius 3 is 2.45 bits per heavy atom. The van der Waals surface area contributed by atoms with Gasteiger partial charge in [-0.05, 0) is 49.9 Å². The Bertz CT molecular complexity index is 573. The van der Waals surface area contributed by atoms with Crippen LogP contribution in [0.5, 0.6) is 0 Å². The average molecular weight is 302 g/mol. The van der Waals surface area contributed by atoms with Crippen LogP contribution in [0.15, 0.2) is 23.1 Å². The van der Waals surface area contributed by atoms with E-state index in [-0.39, 0.29) is 11.4 Å². The minimum Gasteiger partial charge on any atom is -0.329 e. The van der Waals surface area contributed by atoms with Gasteiger partial charge in [-0.1, -0.05) is 13.8 Å². The van der Waals surface area contributed by atoms with Gasteiger partial charge < -0.3 is 5.73 Å². The van der Waals surface area contributed by atoms with Crippen molar-refractivity contribution in [2.45, 2.75) is 44.6 Å². The highest BCUT2D eigenvalue weighted by atomic mass is 32.2. The van der Waals surface area contributed by atoms with E-state index >= 15 is 0 Å². The van der Waals surface area contributed by atoms with Crippen molar-refractivity contribution in [1.82, 2.24) is 4.72 Å². The Kier molecular flexibility index (Phi) is 5.29. The lowest BCUT2D eigenvalue weighted by molar-refractivity contribution is 0.344. The van der Waals surface area contributed by atoms with Crippen molar-refractivity contribution in [3.05, 3.63) is 29.6 Å². The van der Waals surface area contributed by atoms with Crippen LogP contribution in [0.3, 0.4) is 0 Å². The van der Waals surface area contributed by atoms with Crippen molar-refractivity contribution in [2.24, 2.45) is 11.7 Å². The topological polar surface area (TPSA) is 72.2 Å². The summed E-state index contributed by atoms with van der Waals surface area (Å²) in [4.78, 5) is 0.0554. The van der Waals surface area contributed by atoms with E-state index in [2.05, 4.69) is 4.72 Å². The van der Waals surface area contributed by atoms with Gasteiger partial charge in [0.2, 0.25) is 10.0 Å². The summed E-state index contributed by atoms with van der Waals surface area (Å²) in [6.45, 7) is 7.52. The lowest BCUT2D eigenvalue weighted by Crippen LogP contribution is -2.51. The second kappa shape index (κ2) is 6.20. The molecule has 1 aromatic carbocycles. The quantitative estimate of drug-likeness (QED) is 0.846. The lowest BCUT2D eigenvalue weighted by atomic mass is 9.92. The maximum absolute atomic E-state index is 13.2. The molecule has 0 aromatic heterocycles. The molecule has 3 N–H and O–H groups in total. The first-order valence-corrected chi connectivity index (χ1v) is 8.08. The van der Waals surface area contributed by atoms with Crippen molar-refractivity contribution < 1.29 is 12.8 Å². The molecule has 20 heavy (non-hydrogen) atoms. The molecule has 0 aliphatic carbocycles. The van der Waals surface area contributed by atoms with Gasteiger partial charge in [0.25, 0.3) is 0 Å². The van der Waals surface area contributed by atoms with Crippen molar-refractivity contribution in [2.75, 3.05) is 6.54 Å². The second-order valence-corrected chi connectivity index (χ2v) is 7.56. The number of nitrogens with two attached hydrogens (primary N) is 1. The van der Waals surface area contributed by atoms with Gasteiger partial charge in [0, 0.05) is 12.1 Å². The first-order chi connectivity index (χ1) is 9.09. The summed E-state index contributed by atoms with van der Waals surface area (Å²) in [7, 11) is -3.71. The molecule has 1 atom stereocenters. The van der Waals surface area contributed by atoms with Gasteiger partial charge in [-0.25, -0.2) is 17.5 Å². The highest BCUT2D eigenvalue weighted by Crippen LogP contribution is 2.20. The molecule has 0 bridgehead atoms. The number of hydrogen-bond donors (Lipinski definition) is 2. The van der Waals surface area contributed by atoms with Crippen LogP contribution in [-0.2, 0) is 10.0 Å². The van der Waals surface area contributed by atoms with E-state index in [9.17, 15) is 12.8 Å². The van der Waals surface area contributed by atoms with E-state index in [1.54, 1.807) is 6.92 Å². The first-order valence-electron chi connectivity index (χ1n) is 6.60. The van der Waals surface area contributed by atoms with E-state index in [0.717, 1.165) is 6.07 Å². The third-order valence-corrected chi connectivity index (χ3v) is 4.77. The zero-order valence-corrected chi connectivity index (χ0v) is 13.2. The highest BCUT2D eigenvalue weighted by molar-refractivity contribution is 7.89. The molecule has 0 radical (unpaired) electrons. The number of halogens is 1. The normalized spacial score (nSPS) is 15.3. The monoisotopic (exact) mass is 302 g/mol. The molecular formula is C14H23FN2O2S. The Morgan fingerprint density at radius 2 is 2.00 bits per heavy atom. The predicted octanol–water partition coefficient (Wildman–Crippen LogP) is 2.18. The largest absolute Gasteiger partial charge is 0.329 e. The van der Waals surface area contributed by atoms with Gasteiger partial charge >= 0.3 is 0 Å². The van der Waals surface area contributed by atoms with Crippen molar-refractivity contribution in [3.8, 4) is 0 Å². The van der Waals surface area contributed by atoms with Crippen LogP contribution in [0.2, 0.25) is 0 Å². The first kappa shape index (κ1) is 17.1. The van der Waals surface area contributed by atoms with Crippen molar-refractivity contribution in [1.29, 1.82) is 0 Å². The molecule has 0 amide bonds. The zero-order chi connectivity index (χ0) is 15.6. The van der Waals surface area contributed by atoms with E-state index < -0.39 is 21.4 Å². The Morgan fingerprint density at radius 1 is 1.40 bits per heavy atom. The van der Waals surface area contributed by atoms with E-state index in [0.29, 0.717) is 17.9 Å². The van der Waals surface area contributed by atoms with Gasteiger partial charge in [-0.15, -0.1) is 0 Å². The van der Waals surface area contributed by atoms with Gasteiger partial charge in [-0.2, -0.15) is 0 Å². The van der Waals surface area contributed by atoms with Crippen molar-refractivity contribution in [3.63, 3.8) is 0 Å². The van der Waals surface area contributed by atoms with Gasteiger partial charge in [0.05, 0.1) is 4.90 Å². The molecular weight excluding hydrogens is 279 g/mol. The predicted molar refractivity (Wildman–Crippen MR) is 78.4 cm³/mol. The SMILES string of the molecule is Cc1cc(S(=O)(=O)NC(C)(CN)CC(C)C)ccc1F. The number of sulfonamides is 1. The Hall–Kier alpha value is -0.980. The summed E-state index contributed by atoms with van der Waals surface area (Å²) in [5.74, 6) is -0.117. The zero-order valence-electron chi connectivity index (χ0n) is 12.4. The molecule has 0 aliphatic heterocycles.